The summed E-state index contributed by atoms with van der Waals surface area (Å²) in [5, 5.41) is 3.52. The van der Waals surface area contributed by atoms with Crippen LogP contribution in [0.25, 0.3) is 0 Å². The molecule has 0 saturated heterocycles. The molecule has 1 fully saturated rings. The summed E-state index contributed by atoms with van der Waals surface area (Å²) in [4.78, 5) is 0. The van der Waals surface area contributed by atoms with E-state index < -0.39 is 0 Å². The maximum Gasteiger partial charge on any atom is 0.0229 e. The quantitative estimate of drug-likeness (QED) is 0.496. The van der Waals surface area contributed by atoms with Crippen LogP contribution in [-0.2, 0) is 0 Å². The average molecular weight is 204 g/mol. The second-order valence-electron chi connectivity index (χ2n) is 5.01. The highest BCUT2D eigenvalue weighted by Gasteiger charge is 2.21. The monoisotopic (exact) mass is 203 g/mol. The summed E-state index contributed by atoms with van der Waals surface area (Å²) in [6, 6.07) is 0. The SMILES string of the molecule is CC(C)(CCCl)CNCCC1CC1. The molecule has 0 aromatic rings. The number of hydrogen-bond acceptors (Lipinski definition) is 1. The lowest BCUT2D eigenvalue weighted by atomic mass is 9.90. The van der Waals surface area contributed by atoms with Crippen molar-refractivity contribution in [2.75, 3.05) is 19.0 Å². The van der Waals surface area contributed by atoms with Crippen LogP contribution < -0.4 is 5.32 Å². The zero-order chi connectivity index (χ0) is 9.73. The van der Waals surface area contributed by atoms with Crippen molar-refractivity contribution in [1.82, 2.24) is 5.32 Å². The highest BCUT2D eigenvalue weighted by Crippen LogP contribution is 2.31. The molecule has 1 N–H and O–H groups in total. The Kier molecular flexibility index (Phi) is 4.54. The summed E-state index contributed by atoms with van der Waals surface area (Å²) in [7, 11) is 0. The van der Waals surface area contributed by atoms with Gasteiger partial charge in [-0.15, -0.1) is 11.6 Å². The van der Waals surface area contributed by atoms with Gasteiger partial charge in [0.1, 0.15) is 0 Å². The van der Waals surface area contributed by atoms with Crippen LogP contribution in [0, 0.1) is 11.3 Å². The lowest BCUT2D eigenvalue weighted by Gasteiger charge is -2.23. The molecule has 0 spiro atoms. The molecule has 0 radical (unpaired) electrons. The molecule has 2 heteroatoms. The van der Waals surface area contributed by atoms with Crippen molar-refractivity contribution in [3.05, 3.63) is 0 Å². The Balaban J connectivity index is 1.95. The van der Waals surface area contributed by atoms with Crippen molar-refractivity contribution in [3.63, 3.8) is 0 Å². The number of nitrogens with one attached hydrogen (secondary N) is 1. The first-order valence-electron chi connectivity index (χ1n) is 5.41. The lowest BCUT2D eigenvalue weighted by molar-refractivity contribution is 0.328. The van der Waals surface area contributed by atoms with Crippen molar-refractivity contribution in [2.24, 2.45) is 11.3 Å². The standard InChI is InChI=1S/C11H22ClN/c1-11(2,6-7-12)9-13-8-5-10-3-4-10/h10,13H,3-9H2,1-2H3. The minimum absolute atomic E-state index is 0.366. The molecule has 0 bridgehead atoms. The van der Waals surface area contributed by atoms with Crippen molar-refractivity contribution in [3.8, 4) is 0 Å². The van der Waals surface area contributed by atoms with Gasteiger partial charge in [-0.05, 0) is 30.7 Å². The Labute approximate surface area is 87.2 Å². The average Bonchev–Trinajstić information content (AvgIpc) is 2.81. The van der Waals surface area contributed by atoms with Crippen LogP contribution in [0.4, 0.5) is 0 Å². The lowest BCUT2D eigenvalue weighted by Crippen LogP contribution is -2.30. The Bertz CT molecular complexity index is 141. The molecule has 78 valence electrons. The van der Waals surface area contributed by atoms with Gasteiger partial charge in [-0.3, -0.25) is 0 Å². The molecule has 0 atom stereocenters. The van der Waals surface area contributed by atoms with Crippen LogP contribution in [0.2, 0.25) is 0 Å². The van der Waals surface area contributed by atoms with Crippen LogP contribution in [-0.4, -0.2) is 19.0 Å². The van der Waals surface area contributed by atoms with Gasteiger partial charge in [-0.2, -0.15) is 0 Å². The van der Waals surface area contributed by atoms with Crippen LogP contribution >= 0.6 is 11.6 Å². The van der Waals surface area contributed by atoms with E-state index >= 15 is 0 Å². The predicted octanol–water partition coefficient (Wildman–Crippen LogP) is 3.03. The molecule has 1 rings (SSSR count). The summed E-state index contributed by atoms with van der Waals surface area (Å²) >= 11 is 5.73. The van der Waals surface area contributed by atoms with Crippen LogP contribution in [0.5, 0.6) is 0 Å². The summed E-state index contributed by atoms with van der Waals surface area (Å²) in [6.45, 7) is 6.85. The van der Waals surface area contributed by atoms with Gasteiger partial charge < -0.3 is 5.32 Å². The van der Waals surface area contributed by atoms with E-state index in [1.54, 1.807) is 0 Å². The minimum atomic E-state index is 0.366. The largest absolute Gasteiger partial charge is 0.316 e. The summed E-state index contributed by atoms with van der Waals surface area (Å²) in [5.41, 5.74) is 0.366. The molecule has 1 saturated carbocycles. The van der Waals surface area contributed by atoms with Gasteiger partial charge >= 0.3 is 0 Å². The first-order chi connectivity index (χ1) is 6.14. The van der Waals surface area contributed by atoms with Crippen molar-refractivity contribution < 1.29 is 0 Å². The van der Waals surface area contributed by atoms with E-state index in [1.165, 1.54) is 25.8 Å². The maximum absolute atomic E-state index is 5.73. The number of hydrogen-bond donors (Lipinski definition) is 1. The molecular formula is C11H22ClN. The molecule has 0 aromatic heterocycles. The molecule has 1 aliphatic rings. The Morgan fingerprint density at radius 1 is 1.38 bits per heavy atom. The van der Waals surface area contributed by atoms with Crippen molar-refractivity contribution in [1.29, 1.82) is 0 Å². The van der Waals surface area contributed by atoms with Gasteiger partial charge in [0.15, 0.2) is 0 Å². The first-order valence-corrected chi connectivity index (χ1v) is 5.94. The molecule has 0 unspecified atom stereocenters. The van der Waals surface area contributed by atoms with Crippen LogP contribution in [0.3, 0.4) is 0 Å². The Hall–Kier alpha value is 0.250. The molecule has 0 amide bonds. The number of halogens is 1. The van der Waals surface area contributed by atoms with Crippen LogP contribution in [0.15, 0.2) is 0 Å². The van der Waals surface area contributed by atoms with E-state index in [1.807, 2.05) is 0 Å². The van der Waals surface area contributed by atoms with E-state index in [0.717, 1.165) is 24.8 Å². The smallest absolute Gasteiger partial charge is 0.0229 e. The third-order valence-electron chi connectivity index (χ3n) is 2.80. The second-order valence-corrected chi connectivity index (χ2v) is 5.39. The normalized spacial score (nSPS) is 17.8. The molecule has 0 heterocycles. The fourth-order valence-corrected chi connectivity index (χ4v) is 2.00. The number of rotatable bonds is 7. The van der Waals surface area contributed by atoms with Gasteiger partial charge in [-0.25, -0.2) is 0 Å². The predicted molar refractivity (Wildman–Crippen MR) is 59.3 cm³/mol. The molecular weight excluding hydrogens is 182 g/mol. The molecule has 1 aliphatic carbocycles. The number of alkyl halides is 1. The third kappa shape index (κ3) is 5.53. The van der Waals surface area contributed by atoms with E-state index in [4.69, 9.17) is 11.6 Å². The first kappa shape index (κ1) is 11.3. The molecule has 0 aromatic carbocycles. The topological polar surface area (TPSA) is 12.0 Å². The Morgan fingerprint density at radius 2 is 2.08 bits per heavy atom. The van der Waals surface area contributed by atoms with E-state index in [2.05, 4.69) is 19.2 Å². The summed E-state index contributed by atoms with van der Waals surface area (Å²) < 4.78 is 0. The summed E-state index contributed by atoms with van der Waals surface area (Å²) in [5.74, 6) is 1.82. The fraction of sp³-hybridized carbons (Fsp3) is 1.00. The van der Waals surface area contributed by atoms with Gasteiger partial charge in [0.25, 0.3) is 0 Å². The molecule has 0 aliphatic heterocycles. The second kappa shape index (κ2) is 5.21. The van der Waals surface area contributed by atoms with Crippen molar-refractivity contribution >= 4 is 11.6 Å². The van der Waals surface area contributed by atoms with E-state index in [0.29, 0.717) is 5.41 Å². The minimum Gasteiger partial charge on any atom is -0.316 e. The van der Waals surface area contributed by atoms with Gasteiger partial charge in [0.05, 0.1) is 0 Å². The van der Waals surface area contributed by atoms with E-state index in [9.17, 15) is 0 Å². The summed E-state index contributed by atoms with van der Waals surface area (Å²) in [6.07, 6.45) is 5.40. The van der Waals surface area contributed by atoms with Gasteiger partial charge in [-0.1, -0.05) is 26.7 Å². The highest BCUT2D eigenvalue weighted by molar-refractivity contribution is 6.17. The van der Waals surface area contributed by atoms with Gasteiger partial charge in [0, 0.05) is 12.4 Å². The van der Waals surface area contributed by atoms with Gasteiger partial charge in [0.2, 0.25) is 0 Å². The zero-order valence-corrected chi connectivity index (χ0v) is 9.66. The highest BCUT2D eigenvalue weighted by atomic mass is 35.5. The molecule has 1 nitrogen and oxygen atoms in total. The van der Waals surface area contributed by atoms with E-state index in [-0.39, 0.29) is 0 Å². The van der Waals surface area contributed by atoms with Crippen molar-refractivity contribution in [2.45, 2.75) is 39.5 Å². The zero-order valence-electron chi connectivity index (χ0n) is 8.91. The Morgan fingerprint density at radius 3 is 2.62 bits per heavy atom. The fourth-order valence-electron chi connectivity index (χ4n) is 1.48. The maximum atomic E-state index is 5.73. The molecule has 13 heavy (non-hydrogen) atoms. The van der Waals surface area contributed by atoms with Crippen LogP contribution in [0.1, 0.15) is 39.5 Å². The third-order valence-corrected chi connectivity index (χ3v) is 2.99.